The third kappa shape index (κ3) is 3.09. The zero-order chi connectivity index (χ0) is 11.7. The van der Waals surface area contributed by atoms with Gasteiger partial charge in [-0.15, -0.1) is 6.58 Å². The molecule has 15 heavy (non-hydrogen) atoms. The number of rotatable bonds is 4. The van der Waals surface area contributed by atoms with Crippen molar-refractivity contribution in [1.29, 1.82) is 0 Å². The van der Waals surface area contributed by atoms with Crippen molar-refractivity contribution >= 4 is 7.12 Å². The van der Waals surface area contributed by atoms with Crippen LogP contribution < -0.4 is 0 Å². The lowest BCUT2D eigenvalue weighted by molar-refractivity contribution is 0.00578. The van der Waals surface area contributed by atoms with Gasteiger partial charge in [0, 0.05) is 0 Å². The zero-order valence-electron chi connectivity index (χ0n) is 10.7. The molecular formula is C12H23BO2. The lowest BCUT2D eigenvalue weighted by Crippen LogP contribution is -2.41. The maximum atomic E-state index is 5.89. The highest BCUT2D eigenvalue weighted by Crippen LogP contribution is 2.38. The average molecular weight is 210 g/mol. The first kappa shape index (κ1) is 12.8. The van der Waals surface area contributed by atoms with E-state index in [1.807, 2.05) is 0 Å². The second-order valence-electron chi connectivity index (χ2n) is 5.54. The van der Waals surface area contributed by atoms with Gasteiger partial charge >= 0.3 is 7.12 Å². The van der Waals surface area contributed by atoms with E-state index in [1.165, 1.54) is 5.57 Å². The molecule has 1 saturated heterocycles. The summed E-state index contributed by atoms with van der Waals surface area (Å²) < 4.78 is 11.8. The molecule has 86 valence electrons. The maximum Gasteiger partial charge on any atom is 0.457 e. The molecule has 0 aromatic heterocycles. The lowest BCUT2D eigenvalue weighted by Gasteiger charge is -2.32. The first-order chi connectivity index (χ1) is 6.74. The van der Waals surface area contributed by atoms with Gasteiger partial charge in [-0.2, -0.15) is 0 Å². The van der Waals surface area contributed by atoms with E-state index in [1.54, 1.807) is 0 Å². The Labute approximate surface area is 94.2 Å². The standard InChI is InChI=1S/C12H23BO2/c1-10(2)8-7-9-13-14-11(3,4)12(5,6)15-13/h1,7-9H2,2-6H3. The largest absolute Gasteiger partial charge is 0.457 e. The van der Waals surface area contributed by atoms with Gasteiger partial charge in [-0.1, -0.05) is 12.0 Å². The predicted octanol–water partition coefficient (Wildman–Crippen LogP) is 3.43. The molecule has 0 spiro atoms. The van der Waals surface area contributed by atoms with Crippen molar-refractivity contribution in [3.05, 3.63) is 12.2 Å². The van der Waals surface area contributed by atoms with E-state index in [0.717, 1.165) is 19.2 Å². The maximum absolute atomic E-state index is 5.89. The second kappa shape index (κ2) is 4.30. The fraction of sp³-hybridized carbons (Fsp3) is 0.833. The highest BCUT2D eigenvalue weighted by Gasteiger charge is 2.50. The van der Waals surface area contributed by atoms with Gasteiger partial charge in [-0.05, 0) is 47.4 Å². The number of hydrogen-bond acceptors (Lipinski definition) is 2. The number of allylic oxidation sites excluding steroid dienone is 1. The monoisotopic (exact) mass is 210 g/mol. The Morgan fingerprint density at radius 2 is 1.60 bits per heavy atom. The van der Waals surface area contributed by atoms with Crippen LogP contribution in [0.2, 0.25) is 6.32 Å². The minimum Gasteiger partial charge on any atom is -0.403 e. The minimum atomic E-state index is -0.194. The summed E-state index contributed by atoms with van der Waals surface area (Å²) >= 11 is 0. The van der Waals surface area contributed by atoms with Crippen molar-refractivity contribution in [2.75, 3.05) is 0 Å². The molecule has 1 fully saturated rings. The Bertz CT molecular complexity index is 230. The lowest BCUT2D eigenvalue weighted by atomic mass is 9.82. The van der Waals surface area contributed by atoms with E-state index in [9.17, 15) is 0 Å². The van der Waals surface area contributed by atoms with E-state index < -0.39 is 0 Å². The van der Waals surface area contributed by atoms with Crippen LogP contribution in [0, 0.1) is 0 Å². The van der Waals surface area contributed by atoms with Gasteiger partial charge in [0.2, 0.25) is 0 Å². The Morgan fingerprint density at radius 1 is 1.13 bits per heavy atom. The molecule has 0 amide bonds. The molecule has 1 rings (SSSR count). The molecule has 3 heteroatoms. The number of hydrogen-bond donors (Lipinski definition) is 0. The summed E-state index contributed by atoms with van der Waals surface area (Å²) in [6.45, 7) is 14.3. The SMILES string of the molecule is C=C(C)CCCB1OC(C)(C)C(C)(C)O1. The van der Waals surface area contributed by atoms with Crippen LogP contribution in [0.5, 0.6) is 0 Å². The summed E-state index contributed by atoms with van der Waals surface area (Å²) in [6, 6.07) is 0. The Morgan fingerprint density at radius 3 is 2.00 bits per heavy atom. The topological polar surface area (TPSA) is 18.5 Å². The molecule has 2 nitrogen and oxygen atoms in total. The van der Waals surface area contributed by atoms with Gasteiger partial charge in [-0.25, -0.2) is 0 Å². The quantitative estimate of drug-likeness (QED) is 0.522. The second-order valence-corrected chi connectivity index (χ2v) is 5.54. The molecule has 0 atom stereocenters. The van der Waals surface area contributed by atoms with Crippen molar-refractivity contribution in [3.8, 4) is 0 Å². The van der Waals surface area contributed by atoms with Crippen molar-refractivity contribution in [2.45, 2.75) is 65.0 Å². The molecule has 0 radical (unpaired) electrons. The van der Waals surface area contributed by atoms with Crippen molar-refractivity contribution in [1.82, 2.24) is 0 Å². The normalized spacial score (nSPS) is 23.1. The molecule has 0 aromatic carbocycles. The zero-order valence-corrected chi connectivity index (χ0v) is 10.7. The Kier molecular flexibility index (Phi) is 3.67. The summed E-state index contributed by atoms with van der Waals surface area (Å²) in [5.41, 5.74) is 0.841. The average Bonchev–Trinajstić information content (AvgIpc) is 2.19. The van der Waals surface area contributed by atoms with Crippen LogP contribution in [-0.2, 0) is 9.31 Å². The van der Waals surface area contributed by atoms with Crippen molar-refractivity contribution in [2.24, 2.45) is 0 Å². The van der Waals surface area contributed by atoms with Crippen LogP contribution in [0.4, 0.5) is 0 Å². The van der Waals surface area contributed by atoms with E-state index in [2.05, 4.69) is 41.2 Å². The van der Waals surface area contributed by atoms with Gasteiger partial charge in [-0.3, -0.25) is 0 Å². The van der Waals surface area contributed by atoms with Crippen LogP contribution in [0.25, 0.3) is 0 Å². The Hall–Kier alpha value is -0.275. The van der Waals surface area contributed by atoms with Crippen LogP contribution >= 0.6 is 0 Å². The smallest absolute Gasteiger partial charge is 0.403 e. The highest BCUT2D eigenvalue weighted by molar-refractivity contribution is 6.45. The molecule has 1 heterocycles. The van der Waals surface area contributed by atoms with Gasteiger partial charge in [0.15, 0.2) is 0 Å². The molecule has 0 saturated carbocycles. The van der Waals surface area contributed by atoms with E-state index >= 15 is 0 Å². The summed E-state index contributed by atoms with van der Waals surface area (Å²) in [4.78, 5) is 0. The molecule has 1 aliphatic rings. The van der Waals surface area contributed by atoms with Gasteiger partial charge in [0.1, 0.15) is 0 Å². The first-order valence-corrected chi connectivity index (χ1v) is 5.75. The minimum absolute atomic E-state index is 0.0469. The van der Waals surface area contributed by atoms with Crippen molar-refractivity contribution < 1.29 is 9.31 Å². The van der Waals surface area contributed by atoms with Crippen molar-refractivity contribution in [3.63, 3.8) is 0 Å². The highest BCUT2D eigenvalue weighted by atomic mass is 16.7. The predicted molar refractivity (Wildman–Crippen MR) is 64.9 cm³/mol. The van der Waals surface area contributed by atoms with Crippen LogP contribution in [0.3, 0.4) is 0 Å². The van der Waals surface area contributed by atoms with E-state index in [4.69, 9.17) is 9.31 Å². The molecule has 0 aliphatic carbocycles. The van der Waals surface area contributed by atoms with Crippen LogP contribution in [0.1, 0.15) is 47.5 Å². The van der Waals surface area contributed by atoms with Crippen LogP contribution in [-0.4, -0.2) is 18.3 Å². The van der Waals surface area contributed by atoms with Gasteiger partial charge < -0.3 is 9.31 Å². The first-order valence-electron chi connectivity index (χ1n) is 5.75. The van der Waals surface area contributed by atoms with Crippen LogP contribution in [0.15, 0.2) is 12.2 Å². The molecular weight excluding hydrogens is 187 g/mol. The van der Waals surface area contributed by atoms with E-state index in [-0.39, 0.29) is 18.3 Å². The fourth-order valence-corrected chi connectivity index (χ4v) is 1.65. The van der Waals surface area contributed by atoms with Gasteiger partial charge in [0.25, 0.3) is 0 Å². The molecule has 0 N–H and O–H groups in total. The molecule has 0 bridgehead atoms. The summed E-state index contributed by atoms with van der Waals surface area (Å²) in [6.07, 6.45) is 3.11. The summed E-state index contributed by atoms with van der Waals surface area (Å²) in [5.74, 6) is 0. The third-order valence-electron chi connectivity index (χ3n) is 3.35. The Balaban J connectivity index is 2.39. The molecule has 1 aliphatic heterocycles. The molecule has 0 unspecified atom stereocenters. The fourth-order valence-electron chi connectivity index (χ4n) is 1.65. The third-order valence-corrected chi connectivity index (χ3v) is 3.35. The molecule has 0 aromatic rings. The van der Waals surface area contributed by atoms with E-state index in [0.29, 0.717) is 0 Å². The summed E-state index contributed by atoms with van der Waals surface area (Å²) in [7, 11) is -0.0469. The van der Waals surface area contributed by atoms with Gasteiger partial charge in [0.05, 0.1) is 11.2 Å². The summed E-state index contributed by atoms with van der Waals surface area (Å²) in [5, 5.41) is 0.